The molecule has 1 heterocycles. The molecule has 0 radical (unpaired) electrons. The number of piperidine rings is 1. The molecule has 4 nitrogen and oxygen atoms in total. The van der Waals surface area contributed by atoms with Crippen LogP contribution in [0.4, 0.5) is 0 Å². The van der Waals surface area contributed by atoms with Gasteiger partial charge in [0, 0.05) is 17.1 Å². The first-order valence-electron chi connectivity index (χ1n) is 7.00. The number of hydrogen-bond donors (Lipinski definition) is 2. The van der Waals surface area contributed by atoms with Crippen molar-refractivity contribution in [3.05, 3.63) is 34.3 Å². The van der Waals surface area contributed by atoms with E-state index in [4.69, 9.17) is 0 Å². The minimum Gasteiger partial charge on any atom is -0.314 e. The van der Waals surface area contributed by atoms with Gasteiger partial charge in [-0.1, -0.05) is 34.5 Å². The maximum absolute atomic E-state index is 12.0. The van der Waals surface area contributed by atoms with Crippen molar-refractivity contribution in [3.8, 4) is 0 Å². The molecule has 1 atom stereocenters. The Bertz CT molecular complexity index is 528. The molecule has 2 rings (SSSR count). The smallest absolute Gasteiger partial charge is 0.211 e. The minimum atomic E-state index is -3.20. The molecule has 1 aromatic rings. The zero-order valence-electron chi connectivity index (χ0n) is 11.4. The second-order valence-electron chi connectivity index (χ2n) is 5.21. The molecule has 0 saturated carbocycles. The molecule has 0 spiro atoms. The van der Waals surface area contributed by atoms with Crippen LogP contribution in [0.25, 0.3) is 0 Å². The van der Waals surface area contributed by atoms with Crippen LogP contribution < -0.4 is 10.0 Å². The molecule has 1 fully saturated rings. The summed E-state index contributed by atoms with van der Waals surface area (Å²) in [4.78, 5) is 0. The number of halogens is 1. The first-order valence-corrected chi connectivity index (χ1v) is 9.45. The van der Waals surface area contributed by atoms with Crippen molar-refractivity contribution < 1.29 is 8.42 Å². The van der Waals surface area contributed by atoms with Gasteiger partial charge in [-0.05, 0) is 43.5 Å². The Labute approximate surface area is 129 Å². The third kappa shape index (κ3) is 5.52. The number of benzene rings is 1. The van der Waals surface area contributed by atoms with Crippen molar-refractivity contribution in [3.63, 3.8) is 0 Å². The summed E-state index contributed by atoms with van der Waals surface area (Å²) in [5, 5.41) is 3.37. The maximum atomic E-state index is 12.0. The Morgan fingerprint density at radius 1 is 1.35 bits per heavy atom. The first-order chi connectivity index (χ1) is 9.55. The highest BCUT2D eigenvalue weighted by Gasteiger charge is 2.17. The summed E-state index contributed by atoms with van der Waals surface area (Å²) in [5.74, 6) is 0.193. The third-order valence-electron chi connectivity index (χ3n) is 3.53. The average molecular weight is 361 g/mol. The van der Waals surface area contributed by atoms with Gasteiger partial charge in [0.1, 0.15) is 0 Å². The Morgan fingerprint density at radius 3 is 2.90 bits per heavy atom. The van der Waals surface area contributed by atoms with Crippen molar-refractivity contribution in [2.75, 3.05) is 12.3 Å². The van der Waals surface area contributed by atoms with Crippen molar-refractivity contribution in [1.29, 1.82) is 0 Å². The first kappa shape index (κ1) is 15.9. The second-order valence-corrected chi connectivity index (χ2v) is 8.05. The summed E-state index contributed by atoms with van der Waals surface area (Å²) >= 11 is 3.38. The lowest BCUT2D eigenvalue weighted by Crippen LogP contribution is -2.37. The summed E-state index contributed by atoms with van der Waals surface area (Å²) in [5.41, 5.74) is 0.957. The van der Waals surface area contributed by atoms with E-state index in [1.807, 2.05) is 24.3 Å². The maximum Gasteiger partial charge on any atom is 0.211 e. The van der Waals surface area contributed by atoms with Gasteiger partial charge in [0.2, 0.25) is 10.0 Å². The molecule has 20 heavy (non-hydrogen) atoms. The van der Waals surface area contributed by atoms with Crippen molar-refractivity contribution in [1.82, 2.24) is 10.0 Å². The molecule has 1 aliphatic rings. The summed E-state index contributed by atoms with van der Waals surface area (Å²) in [6, 6.07) is 8.01. The van der Waals surface area contributed by atoms with E-state index in [9.17, 15) is 8.42 Å². The Morgan fingerprint density at radius 2 is 2.20 bits per heavy atom. The molecule has 1 saturated heterocycles. The van der Waals surface area contributed by atoms with Gasteiger partial charge < -0.3 is 5.32 Å². The standard InChI is InChI=1S/C14H21BrN2O2S/c15-13-5-3-4-12(10-13)11-17-20(18,19)9-7-14-6-1-2-8-16-14/h3-5,10,14,16-17H,1-2,6-9,11H2. The van der Waals surface area contributed by atoms with Gasteiger partial charge in [-0.3, -0.25) is 0 Å². The van der Waals surface area contributed by atoms with Gasteiger partial charge in [-0.25, -0.2) is 13.1 Å². The second kappa shape index (κ2) is 7.54. The molecule has 1 aliphatic heterocycles. The van der Waals surface area contributed by atoms with Crippen LogP contribution in [0.1, 0.15) is 31.2 Å². The summed E-state index contributed by atoms with van der Waals surface area (Å²) in [7, 11) is -3.20. The Balaban J connectivity index is 1.78. The highest BCUT2D eigenvalue weighted by atomic mass is 79.9. The molecule has 6 heteroatoms. The highest BCUT2D eigenvalue weighted by molar-refractivity contribution is 9.10. The van der Waals surface area contributed by atoms with E-state index in [0.717, 1.165) is 23.0 Å². The van der Waals surface area contributed by atoms with Crippen LogP contribution in [0.5, 0.6) is 0 Å². The van der Waals surface area contributed by atoms with Gasteiger partial charge in [-0.15, -0.1) is 0 Å². The van der Waals surface area contributed by atoms with E-state index in [1.165, 1.54) is 12.8 Å². The van der Waals surface area contributed by atoms with Crippen LogP contribution in [0.15, 0.2) is 28.7 Å². The molecule has 112 valence electrons. The van der Waals surface area contributed by atoms with Gasteiger partial charge in [0.25, 0.3) is 0 Å². The minimum absolute atomic E-state index is 0.193. The lowest BCUT2D eigenvalue weighted by molar-refractivity contribution is 0.392. The third-order valence-corrected chi connectivity index (χ3v) is 5.38. The van der Waals surface area contributed by atoms with Crippen LogP contribution in [0.2, 0.25) is 0 Å². The van der Waals surface area contributed by atoms with E-state index in [0.29, 0.717) is 19.0 Å². The normalized spacial score (nSPS) is 19.9. The molecule has 0 amide bonds. The number of sulfonamides is 1. The van der Waals surface area contributed by atoms with Gasteiger partial charge in [0.15, 0.2) is 0 Å². The fourth-order valence-electron chi connectivity index (χ4n) is 2.38. The van der Waals surface area contributed by atoms with E-state index in [2.05, 4.69) is 26.0 Å². The summed E-state index contributed by atoms with van der Waals surface area (Å²) in [6.45, 7) is 1.36. The van der Waals surface area contributed by atoms with E-state index in [-0.39, 0.29) is 5.75 Å². The summed E-state index contributed by atoms with van der Waals surface area (Å²) < 4.78 is 27.6. The lowest BCUT2D eigenvalue weighted by Gasteiger charge is -2.23. The number of rotatable bonds is 6. The molecular formula is C14H21BrN2O2S. The largest absolute Gasteiger partial charge is 0.314 e. The van der Waals surface area contributed by atoms with Gasteiger partial charge in [-0.2, -0.15) is 0 Å². The quantitative estimate of drug-likeness (QED) is 0.818. The fourth-order valence-corrected chi connectivity index (χ4v) is 3.95. The van der Waals surface area contributed by atoms with Gasteiger partial charge in [0.05, 0.1) is 5.75 Å². The SMILES string of the molecule is O=S(=O)(CCC1CCCCN1)NCc1cccc(Br)c1. The predicted octanol–water partition coefficient (Wildman–Crippen LogP) is 2.40. The van der Waals surface area contributed by atoms with Crippen LogP contribution in [-0.2, 0) is 16.6 Å². The average Bonchev–Trinajstić information content (AvgIpc) is 2.45. The number of hydrogen-bond acceptors (Lipinski definition) is 3. The topological polar surface area (TPSA) is 58.2 Å². The van der Waals surface area contributed by atoms with Crippen LogP contribution in [0, 0.1) is 0 Å². The molecule has 0 bridgehead atoms. The van der Waals surface area contributed by atoms with Crippen LogP contribution in [-0.4, -0.2) is 26.8 Å². The molecule has 0 aromatic heterocycles. The van der Waals surface area contributed by atoms with Crippen molar-refractivity contribution >= 4 is 26.0 Å². The highest BCUT2D eigenvalue weighted by Crippen LogP contribution is 2.13. The van der Waals surface area contributed by atoms with E-state index in [1.54, 1.807) is 0 Å². The van der Waals surface area contributed by atoms with Crippen LogP contribution >= 0.6 is 15.9 Å². The predicted molar refractivity (Wildman–Crippen MR) is 85.0 cm³/mol. The summed E-state index contributed by atoms with van der Waals surface area (Å²) in [6.07, 6.45) is 4.17. The van der Waals surface area contributed by atoms with E-state index >= 15 is 0 Å². The van der Waals surface area contributed by atoms with Crippen LogP contribution in [0.3, 0.4) is 0 Å². The zero-order valence-corrected chi connectivity index (χ0v) is 13.8. The zero-order chi connectivity index (χ0) is 14.4. The van der Waals surface area contributed by atoms with Crippen molar-refractivity contribution in [2.24, 2.45) is 0 Å². The Hall–Kier alpha value is -0.430. The molecule has 0 aliphatic carbocycles. The Kier molecular flexibility index (Phi) is 6.01. The fraction of sp³-hybridized carbons (Fsp3) is 0.571. The van der Waals surface area contributed by atoms with E-state index < -0.39 is 10.0 Å². The lowest BCUT2D eigenvalue weighted by atomic mass is 10.0. The molecule has 1 aromatic carbocycles. The molecule has 2 N–H and O–H groups in total. The monoisotopic (exact) mass is 360 g/mol. The van der Waals surface area contributed by atoms with Gasteiger partial charge >= 0.3 is 0 Å². The molecule has 1 unspecified atom stereocenters. The molecular weight excluding hydrogens is 340 g/mol. The van der Waals surface area contributed by atoms with Crippen molar-refractivity contribution in [2.45, 2.75) is 38.3 Å². The number of nitrogens with one attached hydrogen (secondary N) is 2.